The Morgan fingerprint density at radius 1 is 1.22 bits per heavy atom. The Labute approximate surface area is 219 Å². The number of fused-ring (bicyclic) bond motifs is 3. The van der Waals surface area contributed by atoms with Crippen LogP contribution in [0.5, 0.6) is 0 Å². The zero-order valence-electron chi connectivity index (χ0n) is 20.6. The molecule has 8 nitrogen and oxygen atoms in total. The molecule has 4 aromatic rings. The SMILES string of the molecule is Cc1c(C#Cc2ccc(CN(C(=O)c3cc4c5c(c(N)nc4cc3Cl)COC5)C3CC3)nc2)cnn1C. The van der Waals surface area contributed by atoms with E-state index < -0.39 is 0 Å². The summed E-state index contributed by atoms with van der Waals surface area (Å²) in [7, 11) is 1.89. The van der Waals surface area contributed by atoms with Crippen LogP contribution in [0, 0.1) is 18.8 Å². The number of hydrogen-bond acceptors (Lipinski definition) is 6. The van der Waals surface area contributed by atoms with Crippen LogP contribution in [0.15, 0.2) is 36.7 Å². The Balaban J connectivity index is 1.26. The maximum Gasteiger partial charge on any atom is 0.255 e. The van der Waals surface area contributed by atoms with Gasteiger partial charge in [-0.15, -0.1) is 0 Å². The van der Waals surface area contributed by atoms with Crippen molar-refractivity contribution in [2.75, 3.05) is 5.73 Å². The fourth-order valence-electron chi connectivity index (χ4n) is 4.59. The van der Waals surface area contributed by atoms with Gasteiger partial charge in [0.2, 0.25) is 0 Å². The standard InChI is InChI=1S/C28H25ClN6O2/c1-16-18(12-32-34(16)2)5-3-17-4-6-19(31-11-17)13-35(20-7-8-20)28(36)22-9-21-23-14-37-15-24(23)27(30)33-26(21)10-25(22)29/h4,6,9-12,20H,7-8,13-15H2,1-2H3,(H2,30,33). The first-order valence-electron chi connectivity index (χ1n) is 12.1. The second-order valence-corrected chi connectivity index (χ2v) is 9.92. The van der Waals surface area contributed by atoms with Gasteiger partial charge in [-0.05, 0) is 49.6 Å². The number of carbonyl (C=O) groups excluding carboxylic acids is 1. The number of ether oxygens (including phenoxy) is 1. The molecule has 3 aromatic heterocycles. The van der Waals surface area contributed by atoms with Gasteiger partial charge in [0.1, 0.15) is 5.82 Å². The number of hydrogen-bond donors (Lipinski definition) is 1. The van der Waals surface area contributed by atoms with E-state index in [2.05, 4.69) is 26.9 Å². The van der Waals surface area contributed by atoms with Crippen molar-refractivity contribution >= 4 is 34.2 Å². The van der Waals surface area contributed by atoms with Crippen molar-refractivity contribution in [3.63, 3.8) is 0 Å². The Hall–Kier alpha value is -3.93. The molecule has 0 unspecified atom stereocenters. The third kappa shape index (κ3) is 4.41. The van der Waals surface area contributed by atoms with Crippen LogP contribution in [0.1, 0.15) is 56.8 Å². The molecular formula is C28H25ClN6O2. The summed E-state index contributed by atoms with van der Waals surface area (Å²) in [6.07, 6.45) is 5.43. The lowest BCUT2D eigenvalue weighted by Gasteiger charge is -2.23. The lowest BCUT2D eigenvalue weighted by molar-refractivity contribution is 0.0728. The van der Waals surface area contributed by atoms with Crippen LogP contribution < -0.4 is 5.73 Å². The number of aromatic nitrogens is 4. The number of amides is 1. The van der Waals surface area contributed by atoms with Crippen LogP contribution in [0.25, 0.3) is 10.9 Å². The molecule has 1 amide bonds. The third-order valence-corrected chi connectivity index (χ3v) is 7.34. The van der Waals surface area contributed by atoms with Gasteiger partial charge in [-0.1, -0.05) is 23.4 Å². The smallest absolute Gasteiger partial charge is 0.255 e. The zero-order chi connectivity index (χ0) is 25.7. The van der Waals surface area contributed by atoms with E-state index in [0.29, 0.717) is 41.7 Å². The van der Waals surface area contributed by atoms with Crippen LogP contribution >= 0.6 is 11.6 Å². The molecule has 0 radical (unpaired) electrons. The molecule has 1 aliphatic heterocycles. The van der Waals surface area contributed by atoms with Crippen molar-refractivity contribution < 1.29 is 9.53 Å². The van der Waals surface area contributed by atoms with Crippen molar-refractivity contribution in [2.24, 2.45) is 7.05 Å². The predicted molar refractivity (Wildman–Crippen MR) is 141 cm³/mol. The number of halogens is 1. The van der Waals surface area contributed by atoms with E-state index in [1.165, 1.54) is 0 Å². The van der Waals surface area contributed by atoms with Crippen molar-refractivity contribution in [2.45, 2.75) is 45.6 Å². The fourth-order valence-corrected chi connectivity index (χ4v) is 4.83. The summed E-state index contributed by atoms with van der Waals surface area (Å²) < 4.78 is 7.39. The largest absolute Gasteiger partial charge is 0.383 e. The van der Waals surface area contributed by atoms with Crippen molar-refractivity contribution in [1.82, 2.24) is 24.6 Å². The molecular weight excluding hydrogens is 488 g/mol. The van der Waals surface area contributed by atoms with E-state index >= 15 is 0 Å². The van der Waals surface area contributed by atoms with E-state index in [9.17, 15) is 4.79 Å². The number of nitrogens with zero attached hydrogens (tertiary/aromatic N) is 5. The van der Waals surface area contributed by atoms with Gasteiger partial charge in [0, 0.05) is 35.8 Å². The summed E-state index contributed by atoms with van der Waals surface area (Å²) in [6.45, 7) is 3.25. The minimum atomic E-state index is -0.114. The molecule has 1 aromatic carbocycles. The topological polar surface area (TPSA) is 99.2 Å². The van der Waals surface area contributed by atoms with E-state index in [4.69, 9.17) is 22.1 Å². The number of anilines is 1. The third-order valence-electron chi connectivity index (χ3n) is 7.03. The Morgan fingerprint density at radius 3 is 2.73 bits per heavy atom. The maximum atomic E-state index is 13.7. The first-order valence-corrected chi connectivity index (χ1v) is 12.5. The molecule has 2 aliphatic rings. The molecule has 37 heavy (non-hydrogen) atoms. The van der Waals surface area contributed by atoms with Gasteiger partial charge in [0.25, 0.3) is 5.91 Å². The summed E-state index contributed by atoms with van der Waals surface area (Å²) in [5, 5.41) is 5.44. The van der Waals surface area contributed by atoms with E-state index in [-0.39, 0.29) is 11.9 Å². The molecule has 1 saturated carbocycles. The Morgan fingerprint density at radius 2 is 2.03 bits per heavy atom. The average Bonchev–Trinajstić information content (AvgIpc) is 3.51. The van der Waals surface area contributed by atoms with E-state index in [1.807, 2.05) is 37.1 Å². The quantitative estimate of drug-likeness (QED) is 0.412. The molecule has 6 rings (SSSR count). The summed E-state index contributed by atoms with van der Waals surface area (Å²) in [5.74, 6) is 6.62. The number of aryl methyl sites for hydroxylation is 1. The normalized spacial score (nSPS) is 14.4. The highest BCUT2D eigenvalue weighted by atomic mass is 35.5. The van der Waals surface area contributed by atoms with Crippen LogP contribution in [-0.2, 0) is 31.5 Å². The molecule has 0 spiro atoms. The Kier molecular flexibility index (Phi) is 5.82. The lowest BCUT2D eigenvalue weighted by Crippen LogP contribution is -2.33. The molecule has 9 heteroatoms. The summed E-state index contributed by atoms with van der Waals surface area (Å²) in [4.78, 5) is 24.7. The molecule has 0 bridgehead atoms. The summed E-state index contributed by atoms with van der Waals surface area (Å²) in [6, 6.07) is 7.58. The molecule has 4 heterocycles. The lowest BCUT2D eigenvalue weighted by atomic mass is 10.0. The van der Waals surface area contributed by atoms with Crippen LogP contribution in [0.3, 0.4) is 0 Å². The second kappa shape index (κ2) is 9.18. The molecule has 1 aliphatic carbocycles. The number of carbonyl (C=O) groups is 1. The van der Waals surface area contributed by atoms with Gasteiger partial charge >= 0.3 is 0 Å². The molecule has 1 fully saturated rings. The zero-order valence-corrected chi connectivity index (χ0v) is 21.3. The fraction of sp³-hybridized carbons (Fsp3) is 0.286. The van der Waals surface area contributed by atoms with Crippen LogP contribution in [-0.4, -0.2) is 36.6 Å². The highest BCUT2D eigenvalue weighted by Crippen LogP contribution is 2.36. The number of nitrogens with two attached hydrogens (primary N) is 1. The number of nitrogen functional groups attached to an aromatic ring is 1. The van der Waals surface area contributed by atoms with Crippen molar-refractivity contribution in [3.05, 3.63) is 80.9 Å². The van der Waals surface area contributed by atoms with E-state index in [0.717, 1.165) is 51.9 Å². The summed E-state index contributed by atoms with van der Waals surface area (Å²) >= 11 is 6.60. The molecule has 0 saturated heterocycles. The van der Waals surface area contributed by atoms with E-state index in [1.54, 1.807) is 23.1 Å². The highest BCUT2D eigenvalue weighted by Gasteiger charge is 2.34. The first kappa shape index (κ1) is 23.5. The highest BCUT2D eigenvalue weighted by molar-refractivity contribution is 6.34. The second-order valence-electron chi connectivity index (χ2n) is 9.52. The van der Waals surface area contributed by atoms with Gasteiger partial charge in [-0.2, -0.15) is 5.10 Å². The minimum Gasteiger partial charge on any atom is -0.383 e. The van der Waals surface area contributed by atoms with Gasteiger partial charge in [-0.3, -0.25) is 14.5 Å². The molecule has 186 valence electrons. The van der Waals surface area contributed by atoms with Gasteiger partial charge in [0.05, 0.1) is 59.0 Å². The van der Waals surface area contributed by atoms with Crippen molar-refractivity contribution in [1.29, 1.82) is 0 Å². The van der Waals surface area contributed by atoms with Gasteiger partial charge in [-0.25, -0.2) is 4.98 Å². The number of benzene rings is 1. The van der Waals surface area contributed by atoms with Crippen LogP contribution in [0.4, 0.5) is 5.82 Å². The molecule has 0 atom stereocenters. The molecule has 2 N–H and O–H groups in total. The number of pyridine rings is 2. The van der Waals surface area contributed by atoms with Crippen LogP contribution in [0.2, 0.25) is 5.02 Å². The van der Waals surface area contributed by atoms with Crippen molar-refractivity contribution in [3.8, 4) is 11.8 Å². The van der Waals surface area contributed by atoms with Gasteiger partial charge < -0.3 is 15.4 Å². The summed E-state index contributed by atoms with van der Waals surface area (Å²) in [5.41, 5.74) is 12.6. The average molecular weight is 513 g/mol. The Bertz CT molecular complexity index is 1610. The first-order chi connectivity index (χ1) is 17.9. The number of rotatable bonds is 4. The predicted octanol–water partition coefficient (Wildman–Crippen LogP) is 4.14. The van der Waals surface area contributed by atoms with Gasteiger partial charge in [0.15, 0.2) is 0 Å². The maximum absolute atomic E-state index is 13.7. The monoisotopic (exact) mass is 512 g/mol. The minimum absolute atomic E-state index is 0.114.